The van der Waals surface area contributed by atoms with Gasteiger partial charge in [0.25, 0.3) is 0 Å². The van der Waals surface area contributed by atoms with Gasteiger partial charge in [0.2, 0.25) is 0 Å². The van der Waals surface area contributed by atoms with E-state index in [9.17, 15) is 29.4 Å². The molecule has 12 aliphatic rings. The minimum atomic E-state index is -0.698. The third-order valence-corrected chi connectivity index (χ3v) is 27.6. The van der Waals surface area contributed by atoms with Crippen molar-refractivity contribution in [2.75, 3.05) is 0 Å². The minimum absolute atomic E-state index is 0.0172. The lowest BCUT2D eigenvalue weighted by Crippen LogP contribution is -2.53. The van der Waals surface area contributed by atoms with Crippen molar-refractivity contribution in [3.63, 3.8) is 0 Å². The van der Waals surface area contributed by atoms with Crippen molar-refractivity contribution in [1.29, 1.82) is 0 Å². The van der Waals surface area contributed by atoms with E-state index in [1.54, 1.807) is 29.2 Å². The van der Waals surface area contributed by atoms with Crippen LogP contribution in [-0.4, -0.2) is 45.9 Å². The van der Waals surface area contributed by atoms with Crippen molar-refractivity contribution in [1.82, 2.24) is 0 Å². The second-order valence-corrected chi connectivity index (χ2v) is 32.1. The molecule has 8 nitrogen and oxygen atoms in total. The largest absolute Gasteiger partial charge is 0.462 e. The number of aliphatic hydroxyl groups is 2. The van der Waals surface area contributed by atoms with Crippen molar-refractivity contribution < 1.29 is 38.9 Å². The average Bonchev–Trinajstić information content (AvgIpc) is 1.35. The van der Waals surface area contributed by atoms with Gasteiger partial charge in [0.1, 0.15) is 23.8 Å². The quantitative estimate of drug-likeness (QED) is 0.190. The molecule has 0 saturated heterocycles. The Morgan fingerprint density at radius 3 is 1.32 bits per heavy atom. The van der Waals surface area contributed by atoms with Gasteiger partial charge in [0.05, 0.1) is 11.2 Å². The first kappa shape index (κ1) is 61.9. The molecule has 0 amide bonds. The van der Waals surface area contributed by atoms with Gasteiger partial charge in [0, 0.05) is 48.3 Å². The van der Waals surface area contributed by atoms with Gasteiger partial charge < -0.3 is 19.7 Å². The van der Waals surface area contributed by atoms with Crippen molar-refractivity contribution in [2.45, 2.75) is 259 Å². The molecular formula is C80H104O8. The maximum Gasteiger partial charge on any atom is 0.302 e. The fraction of sp³-hybridized carbons (Fsp3) is 0.650. The summed E-state index contributed by atoms with van der Waals surface area (Å²) in [4.78, 5) is 47.6. The van der Waals surface area contributed by atoms with Crippen LogP contribution < -0.4 is 0 Å². The van der Waals surface area contributed by atoms with E-state index in [4.69, 9.17) is 9.47 Å². The van der Waals surface area contributed by atoms with E-state index in [0.717, 1.165) is 137 Å². The number of carbonyl (C=O) groups excluding carboxylic acids is 4. The maximum atomic E-state index is 12.3. The monoisotopic (exact) mass is 1190 g/mol. The number of Topliss-reactive ketones (excluding diaryl/α,β-unsaturated/α-hetero) is 2. The number of rotatable bonds is 2. The molecule has 18 atom stereocenters. The molecule has 8 saturated carbocycles. The van der Waals surface area contributed by atoms with E-state index < -0.39 is 11.2 Å². The molecule has 472 valence electrons. The van der Waals surface area contributed by atoms with Gasteiger partial charge in [-0.15, -0.1) is 0 Å². The van der Waals surface area contributed by atoms with Gasteiger partial charge >= 0.3 is 11.9 Å². The highest BCUT2D eigenvalue weighted by Crippen LogP contribution is 2.66. The van der Waals surface area contributed by atoms with E-state index in [2.05, 4.69) is 128 Å². The number of fused-ring (bicyclic) bond motifs is 20. The van der Waals surface area contributed by atoms with Crippen LogP contribution in [0.3, 0.4) is 0 Å². The predicted molar refractivity (Wildman–Crippen MR) is 347 cm³/mol. The molecule has 4 aromatic rings. The van der Waals surface area contributed by atoms with Gasteiger partial charge in [0.15, 0.2) is 0 Å². The number of benzene rings is 4. The molecule has 8 fully saturated rings. The lowest BCUT2D eigenvalue weighted by Gasteiger charge is -2.54. The zero-order chi connectivity index (χ0) is 62.0. The molecule has 2 N–H and O–H groups in total. The van der Waals surface area contributed by atoms with Crippen LogP contribution in [0.5, 0.6) is 0 Å². The molecule has 4 aromatic carbocycles. The molecule has 16 rings (SSSR count). The van der Waals surface area contributed by atoms with Crippen LogP contribution in [-0.2, 0) is 65.5 Å². The van der Waals surface area contributed by atoms with Gasteiger partial charge in [-0.3, -0.25) is 19.2 Å². The standard InChI is InChI=1S/C21H28O3.C21H28O2.C19H24O2.C19H24O/c1-13-4-6-16-15(12-13)5-7-18-17-8-9-19(24-14(2)22)20(17,3)10-11-21(16,18)23;1-13-4-6-16-15(12-13)5-7-18-17(16)10-11-21(3)19(18)8-9-20(21)23-14(2)22;1-12-3-5-14-13(11-12)4-6-16-15-7-8-17(20)18(15,2)9-10-19(14,16)21;1-12-3-5-14-13(11-12)4-6-16-15(14)9-10-19(2)17(16)7-8-18(19)20/h4,6,12,17-19,23H,5,7-11H2,1-3H3;4,6,12,17-20H,5,7-11H2,1-3H3;3,5,11,15-16,21H,4,6-10H2,1-2H3;3,5,11,15-17H,4,6-10H2,1-2H3/t17-,18-,19-,20-,21-;17-,18-,19+,20+,21+;15-,16-,18-,19-;15-,16-,17+,19+/m0101/s1. The first-order valence-corrected chi connectivity index (χ1v) is 35.1. The van der Waals surface area contributed by atoms with Gasteiger partial charge in [-0.25, -0.2) is 0 Å². The molecule has 0 radical (unpaired) electrons. The van der Waals surface area contributed by atoms with Crippen LogP contribution in [0, 0.1) is 96.7 Å². The summed E-state index contributed by atoms with van der Waals surface area (Å²) in [6.45, 7) is 20.8. The second-order valence-electron chi connectivity index (χ2n) is 32.1. The molecule has 0 spiro atoms. The van der Waals surface area contributed by atoms with E-state index in [-0.39, 0.29) is 57.6 Å². The van der Waals surface area contributed by atoms with Gasteiger partial charge in [-0.1, -0.05) is 123 Å². The number of ketones is 2. The Kier molecular flexibility index (Phi) is 16.2. The Bertz CT molecular complexity index is 3390. The highest BCUT2D eigenvalue weighted by molar-refractivity contribution is 5.88. The number of hydrogen-bond donors (Lipinski definition) is 2. The first-order chi connectivity index (χ1) is 41.9. The number of ether oxygens (including phenoxy) is 2. The summed E-state index contributed by atoms with van der Waals surface area (Å²) in [6.07, 6.45) is 25.4. The first-order valence-electron chi connectivity index (χ1n) is 35.1. The Labute approximate surface area is 526 Å². The average molecular weight is 1190 g/mol. The molecule has 0 bridgehead atoms. The Morgan fingerprint density at radius 2 is 0.795 bits per heavy atom. The third kappa shape index (κ3) is 10.3. The SMILES string of the molecule is CC(=O)O[C@H]1CC[C@H]2[C@@H]3CCc4cc(C)ccc4[C@@]3(O)CC[C@]12C.CC(=O)O[C@H]1CC[C@H]2[C@@H]3CCc4cc(C)ccc4[C@H]3CC[C@]12C.Cc1ccc2c(c1)CC[C@@H]1[C@@H]2CC[C@]2(C)C(=O)CC[C@@H]12.Cc1ccc2c(c1)CC[C@H]1[C@@H]3CCC(=O)[C@@]3(C)CC[C@]21O. The molecule has 88 heavy (non-hydrogen) atoms. The van der Waals surface area contributed by atoms with Crippen molar-refractivity contribution in [3.05, 3.63) is 140 Å². The van der Waals surface area contributed by atoms with E-state index in [1.807, 2.05) is 0 Å². The summed E-state index contributed by atoms with van der Waals surface area (Å²) in [6, 6.07) is 27.1. The normalized spacial score (nSPS) is 39.8. The second kappa shape index (κ2) is 23.0. The topological polar surface area (TPSA) is 127 Å². The maximum absolute atomic E-state index is 12.3. The van der Waals surface area contributed by atoms with Crippen LogP contribution in [0.4, 0.5) is 0 Å². The Morgan fingerprint density at radius 1 is 0.398 bits per heavy atom. The smallest absolute Gasteiger partial charge is 0.302 e. The minimum Gasteiger partial charge on any atom is -0.462 e. The molecule has 0 heterocycles. The Balaban J connectivity index is 0.000000108. The summed E-state index contributed by atoms with van der Waals surface area (Å²) in [5.74, 6) is 6.44. The fourth-order valence-electron chi connectivity index (χ4n) is 23.1. The zero-order valence-corrected chi connectivity index (χ0v) is 55.2. The fourth-order valence-corrected chi connectivity index (χ4v) is 23.1. The van der Waals surface area contributed by atoms with Gasteiger partial charge in [-0.05, 0) is 273 Å². The van der Waals surface area contributed by atoms with Crippen LogP contribution in [0.25, 0.3) is 0 Å². The summed E-state index contributed by atoms with van der Waals surface area (Å²) >= 11 is 0. The highest BCUT2D eigenvalue weighted by Gasteiger charge is 2.63. The molecule has 12 aliphatic carbocycles. The highest BCUT2D eigenvalue weighted by atomic mass is 16.5. The molecule has 8 heteroatoms. The lowest BCUT2D eigenvalue weighted by atomic mass is 9.53. The predicted octanol–water partition coefficient (Wildman–Crippen LogP) is 16.6. The van der Waals surface area contributed by atoms with Crippen LogP contribution in [0.15, 0.2) is 72.8 Å². The van der Waals surface area contributed by atoms with E-state index >= 15 is 0 Å². The van der Waals surface area contributed by atoms with Crippen molar-refractivity contribution in [3.8, 4) is 0 Å². The number of aryl methyl sites for hydroxylation is 8. The Hall–Kier alpha value is -4.92. The van der Waals surface area contributed by atoms with Crippen LogP contribution >= 0.6 is 0 Å². The summed E-state index contributed by atoms with van der Waals surface area (Å²) in [5.41, 5.74) is 15.3. The zero-order valence-electron chi connectivity index (χ0n) is 55.2. The van der Waals surface area contributed by atoms with E-state index in [1.165, 1.54) is 91.7 Å². The summed E-state index contributed by atoms with van der Waals surface area (Å²) in [7, 11) is 0. The lowest BCUT2D eigenvalue weighted by molar-refractivity contribution is -0.167. The number of hydrogen-bond acceptors (Lipinski definition) is 8. The van der Waals surface area contributed by atoms with Crippen LogP contribution in [0.2, 0.25) is 0 Å². The number of esters is 2. The third-order valence-electron chi connectivity index (χ3n) is 27.6. The van der Waals surface area contributed by atoms with Gasteiger partial charge in [-0.2, -0.15) is 0 Å². The van der Waals surface area contributed by atoms with Crippen LogP contribution in [0.1, 0.15) is 249 Å². The molecule has 0 aromatic heterocycles. The van der Waals surface area contributed by atoms with Crippen molar-refractivity contribution >= 4 is 23.5 Å². The summed E-state index contributed by atoms with van der Waals surface area (Å²) in [5, 5.41) is 23.1. The van der Waals surface area contributed by atoms with E-state index in [0.29, 0.717) is 35.7 Å². The number of carbonyl (C=O) groups is 4. The summed E-state index contributed by atoms with van der Waals surface area (Å²) < 4.78 is 11.4. The molecule has 0 unspecified atom stereocenters. The molecule has 0 aliphatic heterocycles. The van der Waals surface area contributed by atoms with Crippen molar-refractivity contribution in [2.24, 2.45) is 69.0 Å². The molecular weight excluding hydrogens is 1090 g/mol.